The molecule has 2 rings (SSSR count). The topological polar surface area (TPSA) is 51.2 Å². The Bertz CT molecular complexity index is 541. The van der Waals surface area contributed by atoms with Crippen molar-refractivity contribution in [1.29, 1.82) is 0 Å². The lowest BCUT2D eigenvalue weighted by molar-refractivity contribution is -0.140. The predicted molar refractivity (Wildman–Crippen MR) is 69.8 cm³/mol. The lowest BCUT2D eigenvalue weighted by Gasteiger charge is -2.01. The summed E-state index contributed by atoms with van der Waals surface area (Å²) in [4.78, 5) is 15.5. The molecule has 2 aromatic rings. The van der Waals surface area contributed by atoms with Gasteiger partial charge in [-0.3, -0.25) is 4.79 Å². The van der Waals surface area contributed by atoms with Crippen molar-refractivity contribution in [3.8, 4) is 0 Å². The predicted octanol–water partition coefficient (Wildman–Crippen LogP) is 2.92. The van der Waals surface area contributed by atoms with Crippen LogP contribution in [-0.2, 0) is 9.53 Å². The van der Waals surface area contributed by atoms with Crippen molar-refractivity contribution in [1.82, 2.24) is 4.98 Å². The maximum absolute atomic E-state index is 11.2. The van der Waals surface area contributed by atoms with E-state index in [1.54, 1.807) is 6.92 Å². The number of thiazole rings is 1. The van der Waals surface area contributed by atoms with E-state index < -0.39 is 0 Å². The van der Waals surface area contributed by atoms with Crippen molar-refractivity contribution < 1.29 is 9.53 Å². The van der Waals surface area contributed by atoms with Crippen molar-refractivity contribution in [3.63, 3.8) is 0 Å². The number of carbonyl (C=O) groups excluding carboxylic acids is 1. The molecule has 17 heavy (non-hydrogen) atoms. The molecule has 0 aliphatic heterocycles. The van der Waals surface area contributed by atoms with Gasteiger partial charge in [-0.05, 0) is 19.1 Å². The fourth-order valence-electron chi connectivity index (χ4n) is 1.35. The first-order chi connectivity index (χ1) is 8.20. The van der Waals surface area contributed by atoms with Gasteiger partial charge in [-0.25, -0.2) is 4.98 Å². The molecular weight excluding hydrogens is 260 g/mol. The fraction of sp³-hybridized carbons (Fsp3) is 0.273. The average molecular weight is 271 g/mol. The normalized spacial score (nSPS) is 10.5. The second kappa shape index (κ2) is 5.33. The number of benzene rings is 1. The van der Waals surface area contributed by atoms with Crippen LogP contribution in [0.3, 0.4) is 0 Å². The molecule has 0 saturated heterocycles. The zero-order chi connectivity index (χ0) is 12.3. The zero-order valence-corrected chi connectivity index (χ0v) is 10.8. The van der Waals surface area contributed by atoms with Crippen LogP contribution in [-0.4, -0.2) is 24.1 Å². The third-order valence-electron chi connectivity index (χ3n) is 2.06. The monoisotopic (exact) mass is 270 g/mol. The summed E-state index contributed by atoms with van der Waals surface area (Å²) >= 11 is 7.46. The number of carbonyl (C=O) groups is 1. The summed E-state index contributed by atoms with van der Waals surface area (Å²) in [7, 11) is 0. The number of esters is 1. The molecule has 0 spiro atoms. The van der Waals surface area contributed by atoms with Crippen molar-refractivity contribution in [2.75, 3.05) is 18.5 Å². The van der Waals surface area contributed by atoms with Crippen LogP contribution in [0.1, 0.15) is 6.92 Å². The Hall–Kier alpha value is -1.33. The van der Waals surface area contributed by atoms with E-state index in [1.807, 2.05) is 18.2 Å². The molecule has 0 saturated carbocycles. The zero-order valence-electron chi connectivity index (χ0n) is 9.20. The van der Waals surface area contributed by atoms with Gasteiger partial charge in [0, 0.05) is 0 Å². The van der Waals surface area contributed by atoms with Crippen molar-refractivity contribution in [3.05, 3.63) is 23.2 Å². The van der Waals surface area contributed by atoms with Gasteiger partial charge in [0.15, 0.2) is 5.13 Å². The van der Waals surface area contributed by atoms with Crippen LogP contribution < -0.4 is 5.32 Å². The second-order valence-electron chi connectivity index (χ2n) is 3.27. The highest BCUT2D eigenvalue weighted by Crippen LogP contribution is 2.31. The molecule has 0 amide bonds. The van der Waals surface area contributed by atoms with E-state index in [1.165, 1.54) is 11.3 Å². The Morgan fingerprint density at radius 2 is 2.41 bits per heavy atom. The molecule has 0 aliphatic carbocycles. The van der Waals surface area contributed by atoms with E-state index in [4.69, 9.17) is 16.3 Å². The first-order valence-corrected chi connectivity index (χ1v) is 6.34. The molecule has 0 bridgehead atoms. The highest BCUT2D eigenvalue weighted by atomic mass is 35.5. The number of halogens is 1. The van der Waals surface area contributed by atoms with Crippen LogP contribution in [0.2, 0.25) is 5.02 Å². The largest absolute Gasteiger partial charge is 0.465 e. The highest BCUT2D eigenvalue weighted by molar-refractivity contribution is 7.22. The number of rotatable bonds is 4. The SMILES string of the molecule is CCOC(=O)CNc1nc2cccc(Cl)c2s1. The number of hydrogen-bond donors (Lipinski definition) is 1. The summed E-state index contributed by atoms with van der Waals surface area (Å²) in [6, 6.07) is 5.55. The summed E-state index contributed by atoms with van der Waals surface area (Å²) in [6.45, 7) is 2.27. The van der Waals surface area contributed by atoms with Crippen LogP contribution in [0.4, 0.5) is 5.13 Å². The summed E-state index contributed by atoms with van der Waals surface area (Å²) in [6.07, 6.45) is 0. The fourth-order valence-corrected chi connectivity index (χ4v) is 2.50. The van der Waals surface area contributed by atoms with Gasteiger partial charge >= 0.3 is 5.97 Å². The van der Waals surface area contributed by atoms with Crippen LogP contribution in [0.5, 0.6) is 0 Å². The molecule has 0 atom stereocenters. The van der Waals surface area contributed by atoms with Crippen molar-refractivity contribution in [2.24, 2.45) is 0 Å². The molecule has 1 aromatic heterocycles. The summed E-state index contributed by atoms with van der Waals surface area (Å²) in [5.74, 6) is -0.294. The molecule has 0 unspecified atom stereocenters. The van der Waals surface area contributed by atoms with Crippen molar-refractivity contribution >= 4 is 44.3 Å². The Balaban J connectivity index is 2.10. The minimum Gasteiger partial charge on any atom is -0.465 e. The van der Waals surface area contributed by atoms with Crippen LogP contribution in [0, 0.1) is 0 Å². The van der Waals surface area contributed by atoms with E-state index >= 15 is 0 Å². The van der Waals surface area contributed by atoms with Gasteiger partial charge in [-0.15, -0.1) is 0 Å². The average Bonchev–Trinajstić information content (AvgIpc) is 2.71. The Labute approximate surface area is 108 Å². The molecule has 1 N–H and O–H groups in total. The number of anilines is 1. The number of nitrogens with zero attached hydrogens (tertiary/aromatic N) is 1. The first-order valence-electron chi connectivity index (χ1n) is 5.15. The molecule has 0 radical (unpaired) electrons. The third kappa shape index (κ3) is 2.87. The first kappa shape index (κ1) is 12.1. The molecule has 1 aromatic carbocycles. The van der Waals surface area contributed by atoms with Gasteiger partial charge in [0.2, 0.25) is 0 Å². The van der Waals surface area contributed by atoms with E-state index in [9.17, 15) is 4.79 Å². The molecule has 4 nitrogen and oxygen atoms in total. The molecular formula is C11H11ClN2O2S. The van der Waals surface area contributed by atoms with E-state index in [-0.39, 0.29) is 12.5 Å². The van der Waals surface area contributed by atoms with E-state index in [2.05, 4.69) is 10.3 Å². The lowest BCUT2D eigenvalue weighted by atomic mass is 10.3. The molecule has 0 aliphatic rings. The number of aromatic nitrogens is 1. The molecule has 6 heteroatoms. The highest BCUT2D eigenvalue weighted by Gasteiger charge is 2.08. The van der Waals surface area contributed by atoms with Crippen LogP contribution in [0.25, 0.3) is 10.2 Å². The molecule has 0 fully saturated rings. The minimum atomic E-state index is -0.294. The molecule has 1 heterocycles. The number of nitrogens with one attached hydrogen (secondary N) is 1. The Morgan fingerprint density at radius 1 is 1.59 bits per heavy atom. The van der Waals surface area contributed by atoms with Gasteiger partial charge in [0.1, 0.15) is 6.54 Å². The standard InChI is InChI=1S/C11H11ClN2O2S/c1-2-16-9(15)6-13-11-14-8-5-3-4-7(12)10(8)17-11/h3-5H,2,6H2,1H3,(H,13,14). The Kier molecular flexibility index (Phi) is 3.81. The lowest BCUT2D eigenvalue weighted by Crippen LogP contribution is -2.16. The van der Waals surface area contributed by atoms with Gasteiger partial charge in [-0.1, -0.05) is 29.0 Å². The Morgan fingerprint density at radius 3 is 3.12 bits per heavy atom. The summed E-state index contributed by atoms with van der Waals surface area (Å²) < 4.78 is 5.73. The quantitative estimate of drug-likeness (QED) is 0.868. The van der Waals surface area contributed by atoms with Gasteiger partial charge in [0.25, 0.3) is 0 Å². The van der Waals surface area contributed by atoms with Crippen molar-refractivity contribution in [2.45, 2.75) is 6.92 Å². The smallest absolute Gasteiger partial charge is 0.325 e. The minimum absolute atomic E-state index is 0.116. The maximum Gasteiger partial charge on any atom is 0.325 e. The molecule has 90 valence electrons. The van der Waals surface area contributed by atoms with E-state index in [0.29, 0.717) is 16.8 Å². The van der Waals surface area contributed by atoms with Crippen LogP contribution >= 0.6 is 22.9 Å². The third-order valence-corrected chi connectivity index (χ3v) is 3.55. The van der Waals surface area contributed by atoms with E-state index in [0.717, 1.165) is 10.2 Å². The van der Waals surface area contributed by atoms with Gasteiger partial charge in [0.05, 0.1) is 21.8 Å². The number of fused-ring (bicyclic) bond motifs is 1. The maximum atomic E-state index is 11.2. The van der Waals surface area contributed by atoms with Gasteiger partial charge < -0.3 is 10.1 Å². The number of ether oxygens (including phenoxy) is 1. The second-order valence-corrected chi connectivity index (χ2v) is 4.67. The van der Waals surface area contributed by atoms with Crippen LogP contribution in [0.15, 0.2) is 18.2 Å². The number of hydrogen-bond acceptors (Lipinski definition) is 5. The summed E-state index contributed by atoms with van der Waals surface area (Å²) in [5, 5.41) is 4.26. The van der Waals surface area contributed by atoms with Gasteiger partial charge in [-0.2, -0.15) is 0 Å². The summed E-state index contributed by atoms with van der Waals surface area (Å²) in [5.41, 5.74) is 0.828.